The van der Waals surface area contributed by atoms with Crippen LogP contribution in [0, 0.1) is 37.1 Å². The molecule has 9 heteroatoms. The molecule has 0 saturated carbocycles. The molecule has 0 amide bonds. The second-order valence-electron chi connectivity index (χ2n) is 6.78. The molecule has 0 radical (unpaired) electrons. The molecule has 1 heterocycles. The topological polar surface area (TPSA) is 61.6 Å². The SMILES string of the molecule is COC(=O)Cc1cccc(OCCc2nc(-c3c(F)c(F)c(C)c(F)c3F)oc2C)c1. The molecule has 3 aromatic rings. The van der Waals surface area contributed by atoms with Gasteiger partial charge >= 0.3 is 5.97 Å². The summed E-state index contributed by atoms with van der Waals surface area (Å²) in [5.74, 6) is -6.33. The number of aryl methyl sites for hydroxylation is 1. The first-order chi connectivity index (χ1) is 14.7. The Kier molecular flexibility index (Phi) is 6.62. The summed E-state index contributed by atoms with van der Waals surface area (Å²) in [7, 11) is 1.30. The molecule has 0 fully saturated rings. The van der Waals surface area contributed by atoms with Gasteiger partial charge in [-0.25, -0.2) is 22.5 Å². The number of rotatable bonds is 7. The maximum absolute atomic E-state index is 14.2. The van der Waals surface area contributed by atoms with Crippen LogP contribution in [0.1, 0.15) is 22.6 Å². The predicted octanol–water partition coefficient (Wildman–Crippen LogP) is 4.85. The molecule has 5 nitrogen and oxygen atoms in total. The number of hydrogen-bond acceptors (Lipinski definition) is 5. The quantitative estimate of drug-likeness (QED) is 0.300. The summed E-state index contributed by atoms with van der Waals surface area (Å²) in [4.78, 5) is 15.4. The van der Waals surface area contributed by atoms with Crippen molar-refractivity contribution in [2.24, 2.45) is 0 Å². The number of carbonyl (C=O) groups is 1. The van der Waals surface area contributed by atoms with Crippen LogP contribution < -0.4 is 4.74 Å². The Morgan fingerprint density at radius 2 is 1.74 bits per heavy atom. The van der Waals surface area contributed by atoms with E-state index in [0.717, 1.165) is 6.92 Å². The number of benzene rings is 2. The lowest BCUT2D eigenvalue weighted by Gasteiger charge is -2.07. The van der Waals surface area contributed by atoms with Gasteiger partial charge in [0.05, 0.1) is 25.8 Å². The number of carbonyl (C=O) groups excluding carboxylic acids is 1. The molecule has 164 valence electrons. The largest absolute Gasteiger partial charge is 0.493 e. The van der Waals surface area contributed by atoms with Crippen LogP contribution in [-0.2, 0) is 22.4 Å². The first-order valence-corrected chi connectivity index (χ1v) is 9.30. The predicted molar refractivity (Wildman–Crippen MR) is 103 cm³/mol. The van der Waals surface area contributed by atoms with Gasteiger partial charge in [0.15, 0.2) is 23.3 Å². The molecule has 0 aliphatic heterocycles. The third-order valence-electron chi connectivity index (χ3n) is 4.67. The van der Waals surface area contributed by atoms with Crippen molar-refractivity contribution in [1.82, 2.24) is 4.98 Å². The van der Waals surface area contributed by atoms with Crippen LogP contribution in [0.2, 0.25) is 0 Å². The van der Waals surface area contributed by atoms with Crippen LogP contribution in [-0.4, -0.2) is 24.7 Å². The fourth-order valence-corrected chi connectivity index (χ4v) is 2.95. The zero-order valence-corrected chi connectivity index (χ0v) is 17.0. The second-order valence-corrected chi connectivity index (χ2v) is 6.78. The van der Waals surface area contributed by atoms with E-state index in [9.17, 15) is 22.4 Å². The van der Waals surface area contributed by atoms with Crippen molar-refractivity contribution in [2.75, 3.05) is 13.7 Å². The van der Waals surface area contributed by atoms with Gasteiger partial charge in [0, 0.05) is 12.0 Å². The second kappa shape index (κ2) is 9.20. The summed E-state index contributed by atoms with van der Waals surface area (Å²) >= 11 is 0. The van der Waals surface area contributed by atoms with Crippen LogP contribution in [0.5, 0.6) is 5.75 Å². The van der Waals surface area contributed by atoms with E-state index >= 15 is 0 Å². The highest BCUT2D eigenvalue weighted by Crippen LogP contribution is 2.32. The number of methoxy groups -OCH3 is 1. The van der Waals surface area contributed by atoms with Crippen molar-refractivity contribution in [1.29, 1.82) is 0 Å². The summed E-state index contributed by atoms with van der Waals surface area (Å²) < 4.78 is 71.7. The van der Waals surface area contributed by atoms with Crippen LogP contribution in [0.25, 0.3) is 11.5 Å². The summed E-state index contributed by atoms with van der Waals surface area (Å²) in [5.41, 5.74) is -0.726. The molecule has 0 spiro atoms. The zero-order valence-electron chi connectivity index (χ0n) is 17.0. The van der Waals surface area contributed by atoms with Crippen molar-refractivity contribution < 1.29 is 36.2 Å². The minimum atomic E-state index is -1.57. The number of esters is 1. The number of nitrogens with zero attached hydrogens (tertiary/aromatic N) is 1. The molecule has 0 N–H and O–H groups in total. The zero-order chi connectivity index (χ0) is 22.7. The number of hydrogen-bond donors (Lipinski definition) is 0. The normalized spacial score (nSPS) is 10.9. The smallest absolute Gasteiger partial charge is 0.309 e. The third kappa shape index (κ3) is 4.70. The van der Waals surface area contributed by atoms with E-state index in [1.165, 1.54) is 14.0 Å². The van der Waals surface area contributed by atoms with Gasteiger partial charge in [0.1, 0.15) is 17.1 Å². The van der Waals surface area contributed by atoms with Gasteiger partial charge in [-0.2, -0.15) is 0 Å². The molecular formula is C22H19F4NO4. The van der Waals surface area contributed by atoms with E-state index in [1.54, 1.807) is 24.3 Å². The molecule has 0 aliphatic rings. The van der Waals surface area contributed by atoms with Crippen molar-refractivity contribution in [2.45, 2.75) is 26.7 Å². The first kappa shape index (κ1) is 22.3. The van der Waals surface area contributed by atoms with Crippen LogP contribution in [0.15, 0.2) is 28.7 Å². The summed E-state index contributed by atoms with van der Waals surface area (Å²) in [6.45, 7) is 2.58. The van der Waals surface area contributed by atoms with E-state index in [-0.39, 0.29) is 31.2 Å². The van der Waals surface area contributed by atoms with Gasteiger partial charge in [0.25, 0.3) is 0 Å². The number of oxazole rings is 1. The highest BCUT2D eigenvalue weighted by atomic mass is 19.2. The monoisotopic (exact) mass is 437 g/mol. The van der Waals surface area contributed by atoms with Crippen LogP contribution >= 0.6 is 0 Å². The minimum Gasteiger partial charge on any atom is -0.493 e. The first-order valence-electron chi connectivity index (χ1n) is 9.30. The maximum Gasteiger partial charge on any atom is 0.309 e. The Bertz CT molecular complexity index is 1100. The van der Waals surface area contributed by atoms with Gasteiger partial charge in [-0.3, -0.25) is 4.79 Å². The van der Waals surface area contributed by atoms with Crippen molar-refractivity contribution >= 4 is 5.97 Å². The van der Waals surface area contributed by atoms with Gasteiger partial charge in [-0.05, 0) is 31.5 Å². The Morgan fingerprint density at radius 1 is 1.06 bits per heavy atom. The fourth-order valence-electron chi connectivity index (χ4n) is 2.95. The lowest BCUT2D eigenvalue weighted by molar-refractivity contribution is -0.139. The van der Waals surface area contributed by atoms with Gasteiger partial charge in [-0.15, -0.1) is 0 Å². The van der Waals surface area contributed by atoms with Gasteiger partial charge in [0.2, 0.25) is 5.89 Å². The molecule has 0 unspecified atom stereocenters. The van der Waals surface area contributed by atoms with E-state index < -0.39 is 40.3 Å². The highest BCUT2D eigenvalue weighted by Gasteiger charge is 2.27. The van der Waals surface area contributed by atoms with Crippen LogP contribution in [0.4, 0.5) is 17.6 Å². The molecular weight excluding hydrogens is 418 g/mol. The summed E-state index contributed by atoms with van der Waals surface area (Å²) in [6, 6.07) is 6.85. The van der Waals surface area contributed by atoms with Crippen molar-refractivity contribution in [3.63, 3.8) is 0 Å². The van der Waals surface area contributed by atoms with Crippen molar-refractivity contribution in [3.8, 4) is 17.2 Å². The Morgan fingerprint density at radius 3 is 2.39 bits per heavy atom. The van der Waals surface area contributed by atoms with Gasteiger partial charge in [-0.1, -0.05) is 12.1 Å². The van der Waals surface area contributed by atoms with E-state index in [0.29, 0.717) is 17.0 Å². The van der Waals surface area contributed by atoms with E-state index in [2.05, 4.69) is 9.72 Å². The Balaban J connectivity index is 1.74. The van der Waals surface area contributed by atoms with E-state index in [1.807, 2.05) is 0 Å². The number of halogens is 4. The minimum absolute atomic E-state index is 0.0975. The molecule has 0 bridgehead atoms. The molecule has 3 rings (SSSR count). The highest BCUT2D eigenvalue weighted by molar-refractivity contribution is 5.72. The molecule has 31 heavy (non-hydrogen) atoms. The Labute approximate surface area is 175 Å². The lowest BCUT2D eigenvalue weighted by atomic mass is 10.1. The standard InChI is InChI=1S/C22H19F4NO4/c1-11-18(23)20(25)17(21(26)19(11)24)22-27-15(12(2)31-22)7-8-30-14-6-4-5-13(9-14)10-16(28)29-3/h4-6,9H,7-8,10H2,1-3H3. The average molecular weight is 437 g/mol. The molecule has 0 aliphatic carbocycles. The fraction of sp³-hybridized carbons (Fsp3) is 0.273. The summed E-state index contributed by atoms with van der Waals surface area (Å²) in [6.07, 6.45) is 0.302. The molecule has 0 saturated heterocycles. The number of ether oxygens (including phenoxy) is 2. The maximum atomic E-state index is 14.2. The number of aromatic nitrogens is 1. The lowest BCUT2D eigenvalue weighted by Crippen LogP contribution is -2.06. The average Bonchev–Trinajstić information content (AvgIpc) is 3.11. The van der Waals surface area contributed by atoms with Gasteiger partial charge < -0.3 is 13.9 Å². The summed E-state index contributed by atoms with van der Waals surface area (Å²) in [5, 5.41) is 0. The van der Waals surface area contributed by atoms with Crippen molar-refractivity contribution in [3.05, 3.63) is 70.1 Å². The molecule has 0 atom stereocenters. The molecule has 1 aromatic heterocycles. The molecule has 2 aromatic carbocycles. The van der Waals surface area contributed by atoms with Crippen LogP contribution in [0.3, 0.4) is 0 Å². The van der Waals surface area contributed by atoms with E-state index in [4.69, 9.17) is 9.15 Å². The Hall–Kier alpha value is -3.36. The third-order valence-corrected chi connectivity index (χ3v) is 4.67.